The van der Waals surface area contributed by atoms with Crippen molar-refractivity contribution >= 4 is 49.3 Å². The predicted molar refractivity (Wildman–Crippen MR) is 77.9 cm³/mol. The lowest BCUT2D eigenvalue weighted by Crippen LogP contribution is -2.02. The van der Waals surface area contributed by atoms with Gasteiger partial charge in [-0.3, -0.25) is 0 Å². The normalized spacial score (nSPS) is 10.3. The first-order chi connectivity index (χ1) is 7.24. The second kappa shape index (κ2) is 7.58. The second-order valence-electron chi connectivity index (χ2n) is 3.25. The molecule has 1 N–H and O–H groups in total. The van der Waals surface area contributed by atoms with Crippen LogP contribution in [0.5, 0.6) is 0 Å². The number of anilines is 1. The van der Waals surface area contributed by atoms with Gasteiger partial charge in [-0.05, 0) is 59.0 Å². The van der Waals surface area contributed by atoms with Crippen LogP contribution in [-0.2, 0) is 0 Å². The fourth-order valence-corrected chi connectivity index (χ4v) is 2.47. The van der Waals surface area contributed by atoms with Crippen molar-refractivity contribution in [3.63, 3.8) is 0 Å². The minimum atomic E-state index is 1.04. The highest BCUT2D eigenvalue weighted by Crippen LogP contribution is 2.26. The van der Waals surface area contributed by atoms with Crippen molar-refractivity contribution < 1.29 is 0 Å². The number of halogens is 2. The fraction of sp³-hybridized carbons (Fsp3) is 0.455. The lowest BCUT2D eigenvalue weighted by molar-refractivity contribution is 0.843. The first-order valence-electron chi connectivity index (χ1n) is 4.92. The molecule has 1 nitrogen and oxygen atoms in total. The highest BCUT2D eigenvalue weighted by atomic mass is 79.9. The topological polar surface area (TPSA) is 12.0 Å². The molecule has 0 saturated heterocycles. The van der Waals surface area contributed by atoms with Crippen LogP contribution < -0.4 is 5.32 Å². The van der Waals surface area contributed by atoms with E-state index in [-0.39, 0.29) is 0 Å². The number of unbranched alkanes of at least 4 members (excludes halogenated alkanes) is 1. The summed E-state index contributed by atoms with van der Waals surface area (Å²) in [6, 6.07) is 6.18. The zero-order valence-electron chi connectivity index (χ0n) is 8.72. The van der Waals surface area contributed by atoms with Gasteiger partial charge in [0.25, 0.3) is 0 Å². The molecule has 0 aromatic heterocycles. The fourth-order valence-electron chi connectivity index (χ4n) is 1.23. The molecule has 0 aliphatic carbocycles. The van der Waals surface area contributed by atoms with Gasteiger partial charge in [0, 0.05) is 21.2 Å². The molecule has 0 aliphatic rings. The number of nitrogens with one attached hydrogen (secondary N) is 1. The Balaban J connectivity index is 2.33. The third-order valence-electron chi connectivity index (χ3n) is 2.02. The van der Waals surface area contributed by atoms with E-state index in [4.69, 9.17) is 0 Å². The van der Waals surface area contributed by atoms with E-state index in [0.717, 1.165) is 21.2 Å². The van der Waals surface area contributed by atoms with Gasteiger partial charge in [0.15, 0.2) is 0 Å². The number of hydrogen-bond acceptors (Lipinski definition) is 2. The second-order valence-corrected chi connectivity index (χ2v) is 6.01. The summed E-state index contributed by atoms with van der Waals surface area (Å²) in [4.78, 5) is 0. The molecule has 0 unspecified atom stereocenters. The first kappa shape index (κ1) is 13.4. The van der Waals surface area contributed by atoms with Gasteiger partial charge in [-0.25, -0.2) is 0 Å². The molecule has 0 atom stereocenters. The number of benzene rings is 1. The minimum Gasteiger partial charge on any atom is -0.384 e. The van der Waals surface area contributed by atoms with Crippen LogP contribution in [0.15, 0.2) is 27.1 Å². The molecule has 84 valence electrons. The molecule has 1 rings (SSSR count). The molecule has 0 radical (unpaired) electrons. The highest BCUT2D eigenvalue weighted by Gasteiger charge is 1.99. The predicted octanol–water partition coefficient (Wildman–Crippen LogP) is 4.77. The quantitative estimate of drug-likeness (QED) is 0.740. The van der Waals surface area contributed by atoms with Gasteiger partial charge in [0.1, 0.15) is 0 Å². The van der Waals surface area contributed by atoms with Gasteiger partial charge >= 0.3 is 0 Å². The maximum atomic E-state index is 3.53. The molecule has 4 heteroatoms. The van der Waals surface area contributed by atoms with Gasteiger partial charge in [-0.15, -0.1) is 0 Å². The molecule has 1 aromatic carbocycles. The maximum Gasteiger partial charge on any atom is 0.0495 e. The van der Waals surface area contributed by atoms with Crippen molar-refractivity contribution in [1.82, 2.24) is 0 Å². The minimum absolute atomic E-state index is 1.04. The SMILES string of the molecule is CSCCCCNc1cc(Br)ccc1Br. The van der Waals surface area contributed by atoms with Crippen LogP contribution in [0.3, 0.4) is 0 Å². The monoisotopic (exact) mass is 351 g/mol. The van der Waals surface area contributed by atoms with Crippen molar-refractivity contribution in [2.45, 2.75) is 12.8 Å². The molecule has 1 aromatic rings. The largest absolute Gasteiger partial charge is 0.384 e. The summed E-state index contributed by atoms with van der Waals surface area (Å²) in [5.74, 6) is 1.25. The Bertz CT molecular complexity index is 305. The Morgan fingerprint density at radius 3 is 2.80 bits per heavy atom. The molecule has 15 heavy (non-hydrogen) atoms. The summed E-state index contributed by atoms with van der Waals surface area (Å²) in [7, 11) is 0. The summed E-state index contributed by atoms with van der Waals surface area (Å²) in [6.45, 7) is 1.04. The van der Waals surface area contributed by atoms with E-state index in [2.05, 4.69) is 49.5 Å². The summed E-state index contributed by atoms with van der Waals surface area (Å²) in [5, 5.41) is 3.43. The average molecular weight is 353 g/mol. The summed E-state index contributed by atoms with van der Waals surface area (Å²) >= 11 is 8.90. The van der Waals surface area contributed by atoms with Gasteiger partial charge in [-0.1, -0.05) is 15.9 Å². The van der Waals surface area contributed by atoms with E-state index < -0.39 is 0 Å². The smallest absolute Gasteiger partial charge is 0.0495 e. The molecule has 0 saturated carbocycles. The van der Waals surface area contributed by atoms with Gasteiger partial charge in [0.05, 0.1) is 0 Å². The van der Waals surface area contributed by atoms with Crippen molar-refractivity contribution in [2.24, 2.45) is 0 Å². The summed E-state index contributed by atoms with van der Waals surface area (Å²) < 4.78 is 2.23. The third-order valence-corrected chi connectivity index (χ3v) is 3.90. The van der Waals surface area contributed by atoms with E-state index in [0.29, 0.717) is 0 Å². The molecule has 0 heterocycles. The molecule has 0 fully saturated rings. The van der Waals surface area contributed by atoms with Gasteiger partial charge < -0.3 is 5.32 Å². The van der Waals surface area contributed by atoms with Crippen LogP contribution in [0.25, 0.3) is 0 Å². The van der Waals surface area contributed by atoms with E-state index >= 15 is 0 Å². The van der Waals surface area contributed by atoms with E-state index in [9.17, 15) is 0 Å². The van der Waals surface area contributed by atoms with E-state index in [1.165, 1.54) is 18.6 Å². The molecule has 0 bridgehead atoms. The van der Waals surface area contributed by atoms with Crippen LogP contribution in [0.4, 0.5) is 5.69 Å². The molecule has 0 amide bonds. The Kier molecular flexibility index (Phi) is 6.77. The van der Waals surface area contributed by atoms with Crippen molar-refractivity contribution in [1.29, 1.82) is 0 Å². The van der Waals surface area contributed by atoms with Crippen molar-refractivity contribution in [3.05, 3.63) is 27.1 Å². The average Bonchev–Trinajstić information content (AvgIpc) is 2.23. The Hall–Kier alpha value is 0.330. The number of rotatable bonds is 6. The van der Waals surface area contributed by atoms with Gasteiger partial charge in [0.2, 0.25) is 0 Å². The molecular weight excluding hydrogens is 338 g/mol. The Morgan fingerprint density at radius 2 is 2.07 bits per heavy atom. The van der Waals surface area contributed by atoms with Crippen molar-refractivity contribution in [2.75, 3.05) is 23.9 Å². The summed E-state index contributed by atoms with van der Waals surface area (Å²) in [5.41, 5.74) is 1.16. The Morgan fingerprint density at radius 1 is 1.27 bits per heavy atom. The highest BCUT2D eigenvalue weighted by molar-refractivity contribution is 9.11. The van der Waals surface area contributed by atoms with Crippen LogP contribution in [0.2, 0.25) is 0 Å². The van der Waals surface area contributed by atoms with E-state index in [1.807, 2.05) is 23.9 Å². The van der Waals surface area contributed by atoms with Crippen LogP contribution in [-0.4, -0.2) is 18.6 Å². The number of hydrogen-bond donors (Lipinski definition) is 1. The van der Waals surface area contributed by atoms with Crippen LogP contribution in [0.1, 0.15) is 12.8 Å². The van der Waals surface area contributed by atoms with Crippen molar-refractivity contribution in [3.8, 4) is 0 Å². The zero-order valence-corrected chi connectivity index (χ0v) is 12.7. The lowest BCUT2D eigenvalue weighted by atomic mass is 10.3. The number of thioether (sulfide) groups is 1. The molecular formula is C11H15Br2NS. The molecule has 0 spiro atoms. The van der Waals surface area contributed by atoms with Gasteiger partial charge in [-0.2, -0.15) is 11.8 Å². The Labute approximate surface area is 113 Å². The van der Waals surface area contributed by atoms with Crippen LogP contribution in [0, 0.1) is 0 Å². The third kappa shape index (κ3) is 5.27. The zero-order chi connectivity index (χ0) is 11.1. The molecule has 0 aliphatic heterocycles. The first-order valence-corrected chi connectivity index (χ1v) is 7.90. The lowest BCUT2D eigenvalue weighted by Gasteiger charge is -2.08. The van der Waals surface area contributed by atoms with Crippen LogP contribution >= 0.6 is 43.6 Å². The van der Waals surface area contributed by atoms with E-state index in [1.54, 1.807) is 0 Å². The summed E-state index contributed by atoms with van der Waals surface area (Å²) in [6.07, 6.45) is 4.65. The maximum absolute atomic E-state index is 3.53. The standard InChI is InChI=1S/C11H15Br2NS/c1-15-7-3-2-6-14-11-8-9(12)4-5-10(11)13/h4-5,8,14H,2-3,6-7H2,1H3.